The number of hydrogen-bond donors (Lipinski definition) is 3. The molecule has 6 N–H and O–H groups in total. The van der Waals surface area contributed by atoms with Crippen molar-refractivity contribution in [3.8, 4) is 0 Å². The topological polar surface area (TPSA) is 128 Å². The minimum absolute atomic E-state index is 0.218. The maximum absolute atomic E-state index is 6.57. The van der Waals surface area contributed by atoms with Gasteiger partial charge in [-0.1, -0.05) is 12.1 Å². The number of epoxide rings is 4. The smallest absolute Gasteiger partial charge is 0.0851 e. The van der Waals surface area contributed by atoms with Crippen molar-refractivity contribution in [3.05, 3.63) is 52.6 Å². The molecule has 0 aromatic heterocycles. The van der Waals surface area contributed by atoms with Crippen molar-refractivity contribution in [2.75, 3.05) is 43.6 Å². The van der Waals surface area contributed by atoms with Crippen LogP contribution < -0.4 is 17.2 Å². The summed E-state index contributed by atoms with van der Waals surface area (Å²) in [6.45, 7) is 3.14. The van der Waals surface area contributed by atoms with Gasteiger partial charge in [-0.05, 0) is 53.3 Å². The highest BCUT2D eigenvalue weighted by Crippen LogP contribution is 2.49. The summed E-state index contributed by atoms with van der Waals surface area (Å²) < 4.78 is 22.8. The molecule has 32 heavy (non-hydrogen) atoms. The zero-order chi connectivity index (χ0) is 21.9. The molecular formula is C25H31N3O4. The lowest BCUT2D eigenvalue weighted by atomic mass is 9.65. The second kappa shape index (κ2) is 7.63. The Morgan fingerprint density at radius 3 is 1.72 bits per heavy atom. The van der Waals surface area contributed by atoms with E-state index in [4.69, 9.17) is 36.1 Å². The van der Waals surface area contributed by atoms with E-state index in [1.54, 1.807) is 0 Å². The number of rotatable bonds is 10. The van der Waals surface area contributed by atoms with Gasteiger partial charge in [-0.2, -0.15) is 0 Å². The Kier molecular flexibility index (Phi) is 4.84. The zero-order valence-electron chi connectivity index (χ0n) is 18.2. The van der Waals surface area contributed by atoms with E-state index < -0.39 is 0 Å². The third kappa shape index (κ3) is 4.06. The molecule has 2 aromatic rings. The molecule has 7 nitrogen and oxygen atoms in total. The Morgan fingerprint density at radius 2 is 1.22 bits per heavy atom. The van der Waals surface area contributed by atoms with E-state index >= 15 is 0 Å². The number of anilines is 3. The molecule has 4 fully saturated rings. The van der Waals surface area contributed by atoms with E-state index in [0.717, 1.165) is 63.4 Å². The molecule has 0 spiro atoms. The molecule has 0 radical (unpaired) electrons. The van der Waals surface area contributed by atoms with Gasteiger partial charge in [0, 0.05) is 23.9 Å². The molecule has 170 valence electrons. The van der Waals surface area contributed by atoms with Crippen LogP contribution in [0.3, 0.4) is 0 Å². The fourth-order valence-corrected chi connectivity index (χ4v) is 5.19. The van der Waals surface area contributed by atoms with Gasteiger partial charge in [0.15, 0.2) is 0 Å². The van der Waals surface area contributed by atoms with Gasteiger partial charge >= 0.3 is 0 Å². The molecule has 4 aliphatic rings. The van der Waals surface area contributed by atoms with Crippen molar-refractivity contribution in [2.24, 2.45) is 0 Å². The monoisotopic (exact) mass is 437 g/mol. The fourth-order valence-electron chi connectivity index (χ4n) is 5.19. The summed E-state index contributed by atoms with van der Waals surface area (Å²) in [6.07, 6.45) is 4.26. The summed E-state index contributed by atoms with van der Waals surface area (Å²) in [4.78, 5) is 0. The predicted octanol–water partition coefficient (Wildman–Crippen LogP) is 2.18. The first-order valence-corrected chi connectivity index (χ1v) is 11.5. The third-order valence-electron chi connectivity index (χ3n) is 7.23. The van der Waals surface area contributed by atoms with Crippen LogP contribution >= 0.6 is 0 Å². The van der Waals surface area contributed by atoms with Gasteiger partial charge in [0.05, 0.1) is 62.2 Å². The van der Waals surface area contributed by atoms with Gasteiger partial charge < -0.3 is 36.1 Å². The highest BCUT2D eigenvalue weighted by atomic mass is 16.6. The summed E-state index contributed by atoms with van der Waals surface area (Å²) in [7, 11) is 0. The molecule has 0 bridgehead atoms. The fraction of sp³-hybridized carbons (Fsp3) is 0.520. The lowest BCUT2D eigenvalue weighted by Crippen LogP contribution is -2.34. The Labute approximate surface area is 188 Å². The quantitative estimate of drug-likeness (QED) is 0.384. The van der Waals surface area contributed by atoms with Crippen molar-refractivity contribution >= 4 is 17.1 Å². The Balaban J connectivity index is 1.56. The lowest BCUT2D eigenvalue weighted by Gasteiger charge is -2.38. The summed E-state index contributed by atoms with van der Waals surface area (Å²) >= 11 is 0. The molecule has 7 heteroatoms. The SMILES string of the molecule is Nc1ccc(C(CC2CO2)(CC2CO2)c2cc(N)c(N)c(CC3CO3)c2CC2CO2)cc1. The number of ether oxygens (including phenoxy) is 4. The number of benzene rings is 2. The van der Waals surface area contributed by atoms with Crippen LogP contribution in [0.2, 0.25) is 0 Å². The molecule has 2 aromatic carbocycles. The summed E-state index contributed by atoms with van der Waals surface area (Å²) in [5, 5.41) is 0. The molecule has 4 heterocycles. The Bertz CT molecular complexity index is 995. The Morgan fingerprint density at radius 1 is 0.719 bits per heavy atom. The largest absolute Gasteiger partial charge is 0.399 e. The van der Waals surface area contributed by atoms with Crippen LogP contribution in [0.4, 0.5) is 17.1 Å². The van der Waals surface area contributed by atoms with Crippen molar-refractivity contribution in [1.82, 2.24) is 0 Å². The van der Waals surface area contributed by atoms with Gasteiger partial charge in [-0.15, -0.1) is 0 Å². The molecule has 4 unspecified atom stereocenters. The molecule has 4 atom stereocenters. The average Bonchev–Trinajstić information content (AvgIpc) is 3.62. The highest BCUT2D eigenvalue weighted by molar-refractivity contribution is 5.73. The van der Waals surface area contributed by atoms with Gasteiger partial charge in [-0.3, -0.25) is 0 Å². The standard InChI is InChI=1S/C25H31N3O4/c26-15-3-1-14(2-4-15)25(8-18-12-31-18,9-19-13-32-19)22-7-23(27)24(28)21(6-17-11-30-17)20(22)5-16-10-29-16/h1-4,7,16-19H,5-6,8-13,26-28H2. The van der Waals surface area contributed by atoms with Crippen molar-refractivity contribution in [1.29, 1.82) is 0 Å². The van der Waals surface area contributed by atoms with Crippen LogP contribution in [0.5, 0.6) is 0 Å². The first-order valence-electron chi connectivity index (χ1n) is 11.5. The third-order valence-corrected chi connectivity index (χ3v) is 7.23. The summed E-state index contributed by atoms with van der Waals surface area (Å²) in [6, 6.07) is 10.4. The second-order valence-electron chi connectivity index (χ2n) is 9.73. The first-order chi connectivity index (χ1) is 15.5. The summed E-state index contributed by atoms with van der Waals surface area (Å²) in [5.74, 6) is 0. The van der Waals surface area contributed by atoms with E-state index in [-0.39, 0.29) is 29.8 Å². The van der Waals surface area contributed by atoms with E-state index in [9.17, 15) is 0 Å². The molecule has 0 aliphatic carbocycles. The van der Waals surface area contributed by atoms with Crippen LogP contribution in [0, 0.1) is 0 Å². The number of nitrogens with two attached hydrogens (primary N) is 3. The molecular weight excluding hydrogens is 406 g/mol. The van der Waals surface area contributed by atoms with E-state index in [0.29, 0.717) is 11.4 Å². The number of nitrogen functional groups attached to an aromatic ring is 3. The van der Waals surface area contributed by atoms with Crippen LogP contribution in [0.25, 0.3) is 0 Å². The Hall–Kier alpha value is -2.32. The molecule has 6 rings (SSSR count). The summed E-state index contributed by atoms with van der Waals surface area (Å²) in [5.41, 5.74) is 25.7. The highest BCUT2D eigenvalue weighted by Gasteiger charge is 2.47. The maximum Gasteiger partial charge on any atom is 0.0851 e. The van der Waals surface area contributed by atoms with E-state index in [1.807, 2.05) is 12.1 Å². The van der Waals surface area contributed by atoms with Crippen LogP contribution in [-0.4, -0.2) is 50.8 Å². The van der Waals surface area contributed by atoms with Gasteiger partial charge in [0.2, 0.25) is 0 Å². The van der Waals surface area contributed by atoms with Crippen molar-refractivity contribution in [2.45, 2.75) is 55.5 Å². The molecule has 4 saturated heterocycles. The predicted molar refractivity (Wildman–Crippen MR) is 123 cm³/mol. The minimum Gasteiger partial charge on any atom is -0.399 e. The normalized spacial score (nSPS) is 29.4. The van der Waals surface area contributed by atoms with Crippen molar-refractivity contribution in [3.63, 3.8) is 0 Å². The van der Waals surface area contributed by atoms with Gasteiger partial charge in [0.1, 0.15) is 0 Å². The van der Waals surface area contributed by atoms with Crippen LogP contribution in [0.15, 0.2) is 30.3 Å². The maximum atomic E-state index is 6.57. The second-order valence-corrected chi connectivity index (χ2v) is 9.73. The van der Waals surface area contributed by atoms with E-state index in [2.05, 4.69) is 18.2 Å². The minimum atomic E-state index is -0.304. The van der Waals surface area contributed by atoms with Gasteiger partial charge in [0.25, 0.3) is 0 Å². The van der Waals surface area contributed by atoms with Crippen LogP contribution in [0.1, 0.15) is 35.1 Å². The average molecular weight is 438 g/mol. The lowest BCUT2D eigenvalue weighted by molar-refractivity contribution is 0.298. The van der Waals surface area contributed by atoms with Gasteiger partial charge in [-0.25, -0.2) is 0 Å². The first kappa shape index (κ1) is 20.3. The molecule has 0 amide bonds. The zero-order valence-corrected chi connectivity index (χ0v) is 18.2. The molecule has 0 saturated carbocycles. The van der Waals surface area contributed by atoms with Crippen molar-refractivity contribution < 1.29 is 18.9 Å². The van der Waals surface area contributed by atoms with E-state index in [1.165, 1.54) is 16.7 Å². The molecule has 4 aliphatic heterocycles. The number of hydrogen-bond acceptors (Lipinski definition) is 7. The van der Waals surface area contributed by atoms with Crippen LogP contribution in [-0.2, 0) is 37.2 Å².